The van der Waals surface area contributed by atoms with Crippen molar-refractivity contribution in [3.8, 4) is 17.2 Å². The lowest BCUT2D eigenvalue weighted by atomic mass is 9.94. The summed E-state index contributed by atoms with van der Waals surface area (Å²) in [5.74, 6) is 2.55. The number of methoxy groups -OCH3 is 2. The molecule has 1 aliphatic carbocycles. The standard InChI is InChI=1S/C24H28N2O3/c1-27-17-8-9-20-19(14-17)18-11-12-25-23(24(18)26-20)15-7-10-21(22(13-15)28-2)29-16-5-3-4-6-16/h7-10,13-14,16,23,25-26H,3-6,11-12H2,1-2H3/t23-/m1/s1. The lowest BCUT2D eigenvalue weighted by Crippen LogP contribution is -2.30. The third-order valence-electron chi connectivity index (χ3n) is 6.28. The number of nitrogens with one attached hydrogen (secondary N) is 2. The average molecular weight is 392 g/mol. The number of hydrogen-bond acceptors (Lipinski definition) is 4. The van der Waals surface area contributed by atoms with E-state index in [1.807, 2.05) is 6.07 Å². The van der Waals surface area contributed by atoms with Crippen molar-refractivity contribution in [1.29, 1.82) is 0 Å². The first-order chi connectivity index (χ1) is 14.3. The minimum Gasteiger partial charge on any atom is -0.497 e. The molecule has 0 radical (unpaired) electrons. The highest BCUT2D eigenvalue weighted by Gasteiger charge is 2.27. The molecule has 1 saturated carbocycles. The Kier molecular flexibility index (Phi) is 4.84. The highest BCUT2D eigenvalue weighted by Crippen LogP contribution is 2.38. The molecule has 1 aromatic heterocycles. The molecule has 2 N–H and O–H groups in total. The minimum absolute atomic E-state index is 0.103. The van der Waals surface area contributed by atoms with Gasteiger partial charge < -0.3 is 24.5 Å². The van der Waals surface area contributed by atoms with Crippen molar-refractivity contribution in [3.63, 3.8) is 0 Å². The SMILES string of the molecule is COc1ccc2[nH]c3c(c2c1)CCN[C@@H]3c1ccc(OC2CCCC2)c(OC)c1. The van der Waals surface area contributed by atoms with Crippen LogP contribution >= 0.6 is 0 Å². The first kappa shape index (κ1) is 18.4. The number of aromatic nitrogens is 1. The third kappa shape index (κ3) is 3.33. The monoisotopic (exact) mass is 392 g/mol. The van der Waals surface area contributed by atoms with Crippen LogP contribution in [-0.2, 0) is 6.42 Å². The molecule has 5 heteroatoms. The Morgan fingerprint density at radius 1 is 0.931 bits per heavy atom. The molecule has 0 saturated heterocycles. The molecule has 0 bridgehead atoms. The molecule has 152 valence electrons. The van der Waals surface area contributed by atoms with Gasteiger partial charge in [-0.1, -0.05) is 6.07 Å². The van der Waals surface area contributed by atoms with Crippen LogP contribution in [0.15, 0.2) is 36.4 Å². The van der Waals surface area contributed by atoms with E-state index in [2.05, 4.69) is 40.6 Å². The summed E-state index contributed by atoms with van der Waals surface area (Å²) in [4.78, 5) is 3.64. The van der Waals surface area contributed by atoms with Crippen LogP contribution in [0.1, 0.15) is 48.5 Å². The number of aromatic amines is 1. The fraction of sp³-hybridized carbons (Fsp3) is 0.417. The van der Waals surface area contributed by atoms with Gasteiger partial charge in [0.25, 0.3) is 0 Å². The van der Waals surface area contributed by atoms with Gasteiger partial charge in [-0.2, -0.15) is 0 Å². The predicted octanol–water partition coefficient (Wildman–Crippen LogP) is 4.74. The first-order valence-corrected chi connectivity index (χ1v) is 10.5. The topological polar surface area (TPSA) is 55.5 Å². The maximum Gasteiger partial charge on any atom is 0.161 e. The molecule has 5 rings (SSSR count). The minimum atomic E-state index is 0.103. The van der Waals surface area contributed by atoms with E-state index in [1.165, 1.54) is 35.0 Å². The molecular formula is C24H28N2O3. The molecule has 1 aliphatic heterocycles. The van der Waals surface area contributed by atoms with Crippen LogP contribution in [0.2, 0.25) is 0 Å². The van der Waals surface area contributed by atoms with Gasteiger partial charge in [-0.3, -0.25) is 0 Å². The first-order valence-electron chi connectivity index (χ1n) is 10.5. The third-order valence-corrected chi connectivity index (χ3v) is 6.28. The zero-order chi connectivity index (χ0) is 19.8. The molecule has 2 aliphatic rings. The second-order valence-corrected chi connectivity index (χ2v) is 8.00. The van der Waals surface area contributed by atoms with E-state index >= 15 is 0 Å². The van der Waals surface area contributed by atoms with Crippen molar-refractivity contribution in [2.24, 2.45) is 0 Å². The Bertz CT molecular complexity index is 1020. The van der Waals surface area contributed by atoms with Crippen LogP contribution in [0.5, 0.6) is 17.2 Å². The molecule has 2 aromatic carbocycles. The van der Waals surface area contributed by atoms with Crippen molar-refractivity contribution in [2.75, 3.05) is 20.8 Å². The summed E-state index contributed by atoms with van der Waals surface area (Å²) < 4.78 is 17.3. The van der Waals surface area contributed by atoms with Crippen molar-refractivity contribution in [1.82, 2.24) is 10.3 Å². The van der Waals surface area contributed by atoms with Gasteiger partial charge in [-0.05, 0) is 73.6 Å². The van der Waals surface area contributed by atoms with Gasteiger partial charge in [-0.25, -0.2) is 0 Å². The quantitative estimate of drug-likeness (QED) is 0.658. The van der Waals surface area contributed by atoms with Crippen LogP contribution in [-0.4, -0.2) is 31.9 Å². The number of ether oxygens (including phenoxy) is 3. The van der Waals surface area contributed by atoms with Gasteiger partial charge in [-0.15, -0.1) is 0 Å². The van der Waals surface area contributed by atoms with Gasteiger partial charge >= 0.3 is 0 Å². The molecule has 0 unspecified atom stereocenters. The Labute approximate surface area is 171 Å². The van der Waals surface area contributed by atoms with Gasteiger partial charge in [0.1, 0.15) is 5.75 Å². The van der Waals surface area contributed by atoms with E-state index in [1.54, 1.807) is 14.2 Å². The number of hydrogen-bond donors (Lipinski definition) is 2. The van der Waals surface area contributed by atoms with Crippen LogP contribution < -0.4 is 19.5 Å². The number of H-pyrrole nitrogens is 1. The molecule has 1 atom stereocenters. The second-order valence-electron chi connectivity index (χ2n) is 8.00. The molecule has 5 nitrogen and oxygen atoms in total. The summed E-state index contributed by atoms with van der Waals surface area (Å²) in [6.45, 7) is 0.935. The fourth-order valence-electron chi connectivity index (χ4n) is 4.77. The van der Waals surface area contributed by atoms with Crippen LogP contribution in [0.4, 0.5) is 0 Å². The summed E-state index contributed by atoms with van der Waals surface area (Å²) >= 11 is 0. The molecule has 3 aromatic rings. The zero-order valence-electron chi connectivity index (χ0n) is 17.1. The van der Waals surface area contributed by atoms with E-state index in [0.717, 1.165) is 48.6 Å². The molecule has 29 heavy (non-hydrogen) atoms. The van der Waals surface area contributed by atoms with Gasteiger partial charge in [0.05, 0.1) is 26.4 Å². The van der Waals surface area contributed by atoms with Crippen molar-refractivity contribution >= 4 is 10.9 Å². The second kappa shape index (κ2) is 7.64. The lowest BCUT2D eigenvalue weighted by Gasteiger charge is -2.26. The van der Waals surface area contributed by atoms with Gasteiger partial charge in [0.2, 0.25) is 0 Å². The molecule has 1 fully saturated rings. The summed E-state index contributed by atoms with van der Waals surface area (Å²) in [6.07, 6.45) is 6.10. The summed E-state index contributed by atoms with van der Waals surface area (Å²) in [5.41, 5.74) is 4.93. The number of rotatable bonds is 5. The highest BCUT2D eigenvalue weighted by atomic mass is 16.5. The van der Waals surface area contributed by atoms with Crippen molar-refractivity contribution in [2.45, 2.75) is 44.2 Å². The summed E-state index contributed by atoms with van der Waals surface area (Å²) in [7, 11) is 3.43. The summed E-state index contributed by atoms with van der Waals surface area (Å²) in [6, 6.07) is 12.7. The van der Waals surface area contributed by atoms with Crippen molar-refractivity contribution in [3.05, 3.63) is 53.2 Å². The maximum absolute atomic E-state index is 6.22. The maximum atomic E-state index is 6.22. The Balaban J connectivity index is 1.50. The van der Waals surface area contributed by atoms with Crippen LogP contribution in [0.3, 0.4) is 0 Å². The van der Waals surface area contributed by atoms with E-state index in [4.69, 9.17) is 14.2 Å². The smallest absolute Gasteiger partial charge is 0.161 e. The van der Waals surface area contributed by atoms with E-state index in [0.29, 0.717) is 6.10 Å². The van der Waals surface area contributed by atoms with E-state index in [9.17, 15) is 0 Å². The summed E-state index contributed by atoms with van der Waals surface area (Å²) in [5, 5.41) is 4.92. The van der Waals surface area contributed by atoms with E-state index < -0.39 is 0 Å². The lowest BCUT2D eigenvalue weighted by molar-refractivity contribution is 0.200. The largest absolute Gasteiger partial charge is 0.497 e. The Hall–Kier alpha value is -2.66. The average Bonchev–Trinajstić information content (AvgIpc) is 3.41. The number of benzene rings is 2. The fourth-order valence-corrected chi connectivity index (χ4v) is 4.77. The highest BCUT2D eigenvalue weighted by molar-refractivity contribution is 5.86. The van der Waals surface area contributed by atoms with Gasteiger partial charge in [0.15, 0.2) is 11.5 Å². The van der Waals surface area contributed by atoms with Crippen LogP contribution in [0, 0.1) is 0 Å². The Morgan fingerprint density at radius 3 is 2.59 bits per heavy atom. The number of fused-ring (bicyclic) bond motifs is 3. The molecule has 0 spiro atoms. The molecule has 2 heterocycles. The van der Waals surface area contributed by atoms with Gasteiger partial charge in [0, 0.05) is 23.1 Å². The van der Waals surface area contributed by atoms with Crippen molar-refractivity contribution < 1.29 is 14.2 Å². The predicted molar refractivity (Wildman–Crippen MR) is 114 cm³/mol. The van der Waals surface area contributed by atoms with Crippen LogP contribution in [0.25, 0.3) is 10.9 Å². The normalized spacial score (nSPS) is 19.3. The Morgan fingerprint density at radius 2 is 1.79 bits per heavy atom. The zero-order valence-corrected chi connectivity index (χ0v) is 17.1. The van der Waals surface area contributed by atoms with E-state index in [-0.39, 0.29) is 6.04 Å². The molecular weight excluding hydrogens is 364 g/mol. The molecule has 0 amide bonds.